The van der Waals surface area contributed by atoms with E-state index in [2.05, 4.69) is 9.97 Å². The second kappa shape index (κ2) is 6.85. The van der Waals surface area contributed by atoms with Gasteiger partial charge in [-0.15, -0.1) is 0 Å². The molecule has 0 aliphatic carbocycles. The van der Waals surface area contributed by atoms with Crippen LogP contribution >= 0.6 is 0 Å². The molecule has 27 heavy (non-hydrogen) atoms. The van der Waals surface area contributed by atoms with Crippen LogP contribution in [0.25, 0.3) is 0 Å². The van der Waals surface area contributed by atoms with Crippen molar-refractivity contribution in [2.75, 3.05) is 19.7 Å². The maximum atomic E-state index is 12.9. The zero-order valence-electron chi connectivity index (χ0n) is 15.5. The Bertz CT molecular complexity index is 907. The van der Waals surface area contributed by atoms with Crippen molar-refractivity contribution in [1.29, 1.82) is 0 Å². The molecule has 2 aliphatic heterocycles. The molecule has 0 unspecified atom stereocenters. The molecule has 2 fully saturated rings. The maximum absolute atomic E-state index is 12.9. The second-order valence-corrected chi connectivity index (χ2v) is 9.34. The first-order valence-corrected chi connectivity index (χ1v) is 10.5. The summed E-state index contributed by atoms with van der Waals surface area (Å²) in [6.07, 6.45) is 6.11. The lowest BCUT2D eigenvalue weighted by atomic mass is 9.86. The largest absolute Gasteiger partial charge is 0.473 e. The number of aryl methyl sites for hydroxylation is 2. The molecule has 144 valence electrons. The summed E-state index contributed by atoms with van der Waals surface area (Å²) in [6.45, 7) is 5.05. The summed E-state index contributed by atoms with van der Waals surface area (Å²) in [5.74, 6) is 0.485. The molecule has 0 radical (unpaired) electrons. The molecule has 0 N–H and O–H groups in total. The monoisotopic (exact) mass is 389 g/mol. The van der Waals surface area contributed by atoms with Crippen LogP contribution in [-0.2, 0) is 14.8 Å². The number of hydrogen-bond acceptors (Lipinski definition) is 6. The van der Waals surface area contributed by atoms with Crippen molar-refractivity contribution < 1.29 is 17.9 Å². The third-order valence-electron chi connectivity index (χ3n) is 5.04. The van der Waals surface area contributed by atoms with E-state index in [9.17, 15) is 8.42 Å². The van der Waals surface area contributed by atoms with Gasteiger partial charge in [0.05, 0.1) is 23.3 Å². The molecule has 1 atom stereocenters. The van der Waals surface area contributed by atoms with E-state index < -0.39 is 15.6 Å². The zero-order valence-corrected chi connectivity index (χ0v) is 16.3. The van der Waals surface area contributed by atoms with E-state index in [0.717, 1.165) is 17.5 Å². The first-order valence-electron chi connectivity index (χ1n) is 9.01. The summed E-state index contributed by atoms with van der Waals surface area (Å²) in [5, 5.41) is 0. The zero-order chi connectivity index (χ0) is 19.1. The highest BCUT2D eigenvalue weighted by atomic mass is 32.2. The SMILES string of the molecule is Cc1cc(C)cc(S(=O)(=O)N2CC3(C[C@H](Oc4cnccn4)CCO3)C2)c1. The van der Waals surface area contributed by atoms with Gasteiger partial charge in [-0.2, -0.15) is 4.31 Å². The third-order valence-corrected chi connectivity index (χ3v) is 6.81. The first-order chi connectivity index (χ1) is 12.9. The molecule has 8 heteroatoms. The predicted octanol–water partition coefficient (Wildman–Crippen LogP) is 2.09. The molecule has 1 aromatic heterocycles. The smallest absolute Gasteiger partial charge is 0.243 e. The van der Waals surface area contributed by atoms with Crippen molar-refractivity contribution >= 4 is 10.0 Å². The van der Waals surface area contributed by atoms with Gasteiger partial charge in [0.25, 0.3) is 0 Å². The Morgan fingerprint density at radius 3 is 2.59 bits per heavy atom. The lowest BCUT2D eigenvalue weighted by Gasteiger charge is -2.51. The fourth-order valence-corrected chi connectivity index (χ4v) is 5.60. The molecule has 2 saturated heterocycles. The lowest BCUT2D eigenvalue weighted by molar-refractivity contribution is -0.165. The van der Waals surface area contributed by atoms with E-state index in [1.807, 2.05) is 19.9 Å². The highest BCUT2D eigenvalue weighted by Gasteiger charge is 2.52. The minimum absolute atomic E-state index is 0.0541. The van der Waals surface area contributed by atoms with E-state index in [1.54, 1.807) is 30.7 Å². The highest BCUT2D eigenvalue weighted by Crippen LogP contribution is 2.38. The van der Waals surface area contributed by atoms with Crippen LogP contribution in [0.2, 0.25) is 0 Å². The van der Waals surface area contributed by atoms with Gasteiger partial charge >= 0.3 is 0 Å². The maximum Gasteiger partial charge on any atom is 0.243 e. The molecule has 0 bridgehead atoms. The topological polar surface area (TPSA) is 81.6 Å². The number of aromatic nitrogens is 2. The van der Waals surface area contributed by atoms with Gasteiger partial charge < -0.3 is 9.47 Å². The Kier molecular flexibility index (Phi) is 4.65. The normalized spacial score (nSPS) is 22.4. The quantitative estimate of drug-likeness (QED) is 0.796. The van der Waals surface area contributed by atoms with Crippen LogP contribution in [-0.4, -0.2) is 54.1 Å². The first kappa shape index (κ1) is 18.3. The summed E-state index contributed by atoms with van der Waals surface area (Å²) in [6, 6.07) is 5.40. The molecule has 3 heterocycles. The average molecular weight is 389 g/mol. The van der Waals surface area contributed by atoms with E-state index in [0.29, 0.717) is 36.9 Å². The van der Waals surface area contributed by atoms with Crippen molar-refractivity contribution in [3.05, 3.63) is 47.9 Å². The number of ether oxygens (including phenoxy) is 2. The molecule has 7 nitrogen and oxygen atoms in total. The fraction of sp³-hybridized carbons (Fsp3) is 0.474. The van der Waals surface area contributed by atoms with Crippen molar-refractivity contribution in [3.8, 4) is 5.88 Å². The minimum Gasteiger partial charge on any atom is -0.473 e. The molecular formula is C19H23N3O4S. The molecule has 4 rings (SSSR count). The number of benzene rings is 1. The number of nitrogens with zero attached hydrogens (tertiary/aromatic N) is 3. The van der Waals surface area contributed by atoms with Gasteiger partial charge in [-0.05, 0) is 37.1 Å². The van der Waals surface area contributed by atoms with Crippen molar-refractivity contribution in [1.82, 2.24) is 14.3 Å². The molecular weight excluding hydrogens is 366 g/mol. The number of hydrogen-bond donors (Lipinski definition) is 0. The fourth-order valence-electron chi connectivity index (χ4n) is 3.82. The Morgan fingerprint density at radius 1 is 1.19 bits per heavy atom. The molecule has 2 aliphatic rings. The van der Waals surface area contributed by atoms with Crippen LogP contribution in [0.1, 0.15) is 24.0 Å². The summed E-state index contributed by atoms with van der Waals surface area (Å²) < 4.78 is 39.2. The van der Waals surface area contributed by atoms with Crippen LogP contribution in [0.4, 0.5) is 0 Å². The Hall–Kier alpha value is -2.03. The lowest BCUT2D eigenvalue weighted by Crippen LogP contribution is -2.67. The van der Waals surface area contributed by atoms with Crippen LogP contribution in [0.3, 0.4) is 0 Å². The second-order valence-electron chi connectivity index (χ2n) is 7.40. The van der Waals surface area contributed by atoms with E-state index in [-0.39, 0.29) is 6.10 Å². The predicted molar refractivity (Wildman–Crippen MR) is 99.0 cm³/mol. The van der Waals surface area contributed by atoms with Crippen molar-refractivity contribution in [2.24, 2.45) is 0 Å². The van der Waals surface area contributed by atoms with Gasteiger partial charge in [0.1, 0.15) is 6.10 Å². The molecule has 1 spiro atoms. The molecule has 2 aromatic rings. The summed E-state index contributed by atoms with van der Waals surface area (Å²) >= 11 is 0. The number of rotatable bonds is 4. The summed E-state index contributed by atoms with van der Waals surface area (Å²) in [4.78, 5) is 8.49. The van der Waals surface area contributed by atoms with Crippen LogP contribution in [0, 0.1) is 13.8 Å². The van der Waals surface area contributed by atoms with Crippen molar-refractivity contribution in [3.63, 3.8) is 0 Å². The van der Waals surface area contributed by atoms with Gasteiger partial charge in [0, 0.05) is 38.3 Å². The number of sulfonamides is 1. The molecule has 0 amide bonds. The Labute approximate surface area is 159 Å². The van der Waals surface area contributed by atoms with E-state index in [4.69, 9.17) is 9.47 Å². The third kappa shape index (κ3) is 3.69. The Morgan fingerprint density at radius 2 is 1.93 bits per heavy atom. The van der Waals surface area contributed by atoms with Crippen LogP contribution < -0.4 is 4.74 Å². The average Bonchev–Trinajstić information content (AvgIpc) is 2.60. The highest BCUT2D eigenvalue weighted by molar-refractivity contribution is 7.89. The summed E-state index contributed by atoms with van der Waals surface area (Å²) in [5.41, 5.74) is 1.40. The van der Waals surface area contributed by atoms with E-state index >= 15 is 0 Å². The standard InChI is InChI=1S/C19H23N3O4S/c1-14-7-15(2)9-17(8-14)27(23,24)22-12-19(13-22)10-16(3-6-25-19)26-18-11-20-4-5-21-18/h4-5,7-9,11,16H,3,6,10,12-13H2,1-2H3/t16-/m1/s1. The molecule has 0 saturated carbocycles. The van der Waals surface area contributed by atoms with Crippen molar-refractivity contribution in [2.45, 2.75) is 43.3 Å². The van der Waals surface area contributed by atoms with Crippen LogP contribution in [0.5, 0.6) is 5.88 Å². The Balaban J connectivity index is 1.44. The van der Waals surface area contributed by atoms with Crippen LogP contribution in [0.15, 0.2) is 41.7 Å². The van der Waals surface area contributed by atoms with Gasteiger partial charge in [-0.3, -0.25) is 4.98 Å². The van der Waals surface area contributed by atoms with Gasteiger partial charge in [-0.1, -0.05) is 6.07 Å². The van der Waals surface area contributed by atoms with Gasteiger partial charge in [0.15, 0.2) is 0 Å². The van der Waals surface area contributed by atoms with E-state index in [1.165, 1.54) is 4.31 Å². The molecule has 1 aromatic carbocycles. The van der Waals surface area contributed by atoms with Gasteiger partial charge in [-0.25, -0.2) is 13.4 Å². The van der Waals surface area contributed by atoms with Gasteiger partial charge in [0.2, 0.25) is 15.9 Å². The minimum atomic E-state index is -3.51. The summed E-state index contributed by atoms with van der Waals surface area (Å²) in [7, 11) is -3.51.